The molecule has 26 heavy (non-hydrogen) atoms. The van der Waals surface area contributed by atoms with Crippen molar-refractivity contribution in [2.45, 2.75) is 19.4 Å². The molecule has 0 aliphatic heterocycles. The van der Waals surface area contributed by atoms with E-state index in [1.807, 2.05) is 29.6 Å². The normalized spacial score (nSPS) is 10.5. The van der Waals surface area contributed by atoms with E-state index in [1.165, 1.54) is 5.56 Å². The summed E-state index contributed by atoms with van der Waals surface area (Å²) in [5, 5.41) is 11.3. The van der Waals surface area contributed by atoms with Crippen molar-refractivity contribution in [2.75, 3.05) is 19.5 Å². The lowest BCUT2D eigenvalue weighted by molar-refractivity contribution is -0.116. The lowest BCUT2D eigenvalue weighted by Gasteiger charge is -2.14. The van der Waals surface area contributed by atoms with Crippen molar-refractivity contribution in [1.82, 2.24) is 9.78 Å². The minimum absolute atomic E-state index is 0.0319. The Morgan fingerprint density at radius 1 is 1.23 bits per heavy atom. The predicted octanol–water partition coefficient (Wildman–Crippen LogP) is 3.58. The first-order valence-corrected chi connectivity index (χ1v) is 9.18. The zero-order chi connectivity index (χ0) is 18.4. The summed E-state index contributed by atoms with van der Waals surface area (Å²) in [5.74, 6) is 1.96. The van der Waals surface area contributed by atoms with Gasteiger partial charge in [0.2, 0.25) is 5.91 Å². The molecule has 0 spiro atoms. The Hall–Kier alpha value is -2.80. The zero-order valence-corrected chi connectivity index (χ0v) is 15.6. The van der Waals surface area contributed by atoms with Crippen LogP contribution in [0.3, 0.4) is 0 Å². The van der Waals surface area contributed by atoms with E-state index in [2.05, 4.69) is 15.8 Å². The van der Waals surface area contributed by atoms with Crippen LogP contribution < -0.4 is 14.8 Å². The van der Waals surface area contributed by atoms with E-state index in [0.717, 1.165) is 12.0 Å². The molecule has 136 valence electrons. The first kappa shape index (κ1) is 18.0. The van der Waals surface area contributed by atoms with Crippen molar-refractivity contribution in [3.63, 3.8) is 0 Å². The minimum Gasteiger partial charge on any atom is -0.493 e. The van der Waals surface area contributed by atoms with Crippen LogP contribution in [0.1, 0.15) is 17.5 Å². The molecule has 0 bridgehead atoms. The van der Waals surface area contributed by atoms with Gasteiger partial charge in [-0.05, 0) is 34.9 Å². The van der Waals surface area contributed by atoms with Crippen molar-refractivity contribution >= 4 is 23.1 Å². The fourth-order valence-electron chi connectivity index (χ4n) is 2.70. The molecule has 0 aliphatic rings. The average molecular weight is 371 g/mol. The van der Waals surface area contributed by atoms with E-state index in [0.29, 0.717) is 30.3 Å². The number of nitrogens with zero attached hydrogens (tertiary/aromatic N) is 2. The number of aromatic nitrogens is 2. The Morgan fingerprint density at radius 3 is 2.85 bits per heavy atom. The molecule has 1 amide bonds. The minimum atomic E-state index is -0.0319. The van der Waals surface area contributed by atoms with Crippen molar-refractivity contribution < 1.29 is 14.3 Å². The molecule has 0 radical (unpaired) electrons. The summed E-state index contributed by atoms with van der Waals surface area (Å²) in [4.78, 5) is 12.2. The Bertz CT molecular complexity index is 859. The highest BCUT2D eigenvalue weighted by atomic mass is 32.1. The van der Waals surface area contributed by atoms with E-state index in [-0.39, 0.29) is 5.91 Å². The summed E-state index contributed by atoms with van der Waals surface area (Å²) in [5.41, 5.74) is 2.10. The van der Waals surface area contributed by atoms with Crippen LogP contribution >= 0.6 is 11.3 Å². The number of nitrogens with one attached hydrogen (secondary N) is 1. The smallest absolute Gasteiger partial charge is 0.225 e. The molecule has 3 aromatic rings. The van der Waals surface area contributed by atoms with Crippen LogP contribution in [0.25, 0.3) is 0 Å². The maximum atomic E-state index is 12.2. The maximum absolute atomic E-state index is 12.2. The molecule has 2 heterocycles. The van der Waals surface area contributed by atoms with Crippen LogP contribution in [-0.2, 0) is 17.8 Å². The van der Waals surface area contributed by atoms with Crippen molar-refractivity contribution in [3.8, 4) is 11.5 Å². The van der Waals surface area contributed by atoms with Gasteiger partial charge in [0.15, 0.2) is 11.5 Å². The molecule has 0 fully saturated rings. The highest BCUT2D eigenvalue weighted by Gasteiger charge is 2.13. The number of para-hydroxylation sites is 1. The SMILES string of the molecule is COc1cccc(Cn2nccc2NC(=O)CCc2ccsc2)c1OC. The lowest BCUT2D eigenvalue weighted by atomic mass is 10.2. The van der Waals surface area contributed by atoms with Gasteiger partial charge in [0.1, 0.15) is 5.82 Å². The fourth-order valence-corrected chi connectivity index (χ4v) is 3.41. The van der Waals surface area contributed by atoms with Crippen LogP contribution in [0, 0.1) is 0 Å². The number of amides is 1. The molecule has 6 nitrogen and oxygen atoms in total. The average Bonchev–Trinajstić information content (AvgIpc) is 3.32. The summed E-state index contributed by atoms with van der Waals surface area (Å²) < 4.78 is 12.5. The number of thiophene rings is 1. The van der Waals surface area contributed by atoms with E-state index in [1.54, 1.807) is 42.5 Å². The zero-order valence-electron chi connectivity index (χ0n) is 14.8. The van der Waals surface area contributed by atoms with Crippen LogP contribution in [0.2, 0.25) is 0 Å². The Kier molecular flexibility index (Phi) is 5.91. The number of aryl methyl sites for hydroxylation is 1. The van der Waals surface area contributed by atoms with Gasteiger partial charge >= 0.3 is 0 Å². The highest BCUT2D eigenvalue weighted by Crippen LogP contribution is 2.31. The molecular weight excluding hydrogens is 350 g/mol. The molecule has 0 saturated carbocycles. The molecule has 0 unspecified atom stereocenters. The van der Waals surface area contributed by atoms with Crippen molar-refractivity contribution in [1.29, 1.82) is 0 Å². The van der Waals surface area contributed by atoms with E-state index >= 15 is 0 Å². The fraction of sp³-hybridized carbons (Fsp3) is 0.263. The lowest BCUT2D eigenvalue weighted by Crippen LogP contribution is -2.16. The molecule has 3 rings (SSSR count). The van der Waals surface area contributed by atoms with Gasteiger partial charge in [0, 0.05) is 18.1 Å². The number of ether oxygens (including phenoxy) is 2. The van der Waals surface area contributed by atoms with Crippen LogP contribution in [0.5, 0.6) is 11.5 Å². The molecule has 1 N–H and O–H groups in total. The summed E-state index contributed by atoms with van der Waals surface area (Å²) in [6.07, 6.45) is 2.83. The third-order valence-electron chi connectivity index (χ3n) is 4.01. The number of rotatable bonds is 8. The highest BCUT2D eigenvalue weighted by molar-refractivity contribution is 7.07. The van der Waals surface area contributed by atoms with Gasteiger partial charge in [0.25, 0.3) is 0 Å². The number of methoxy groups -OCH3 is 2. The first-order valence-electron chi connectivity index (χ1n) is 8.24. The second-order valence-electron chi connectivity index (χ2n) is 5.71. The Balaban J connectivity index is 1.68. The quantitative estimate of drug-likeness (QED) is 0.657. The number of carbonyl (C=O) groups excluding carboxylic acids is 1. The first-order chi connectivity index (χ1) is 12.7. The molecule has 2 aromatic heterocycles. The molecule has 7 heteroatoms. The Morgan fingerprint density at radius 2 is 2.12 bits per heavy atom. The number of hydrogen-bond donors (Lipinski definition) is 1. The van der Waals surface area contributed by atoms with Gasteiger partial charge in [-0.1, -0.05) is 12.1 Å². The summed E-state index contributed by atoms with van der Waals surface area (Å²) in [7, 11) is 3.21. The largest absolute Gasteiger partial charge is 0.493 e. The summed E-state index contributed by atoms with van der Waals surface area (Å²) >= 11 is 1.64. The maximum Gasteiger partial charge on any atom is 0.225 e. The van der Waals surface area contributed by atoms with E-state index in [9.17, 15) is 4.79 Å². The van der Waals surface area contributed by atoms with Crippen molar-refractivity contribution in [2.24, 2.45) is 0 Å². The Labute approximate surface area is 156 Å². The second-order valence-corrected chi connectivity index (χ2v) is 6.49. The number of benzene rings is 1. The van der Waals surface area contributed by atoms with Gasteiger partial charge in [-0.15, -0.1) is 0 Å². The number of anilines is 1. The molecular formula is C19H21N3O3S. The number of carbonyl (C=O) groups is 1. The monoisotopic (exact) mass is 371 g/mol. The van der Waals surface area contributed by atoms with Gasteiger partial charge in [0.05, 0.1) is 27.0 Å². The van der Waals surface area contributed by atoms with E-state index in [4.69, 9.17) is 9.47 Å². The predicted molar refractivity (Wildman–Crippen MR) is 102 cm³/mol. The summed E-state index contributed by atoms with van der Waals surface area (Å²) in [6.45, 7) is 0.466. The summed E-state index contributed by atoms with van der Waals surface area (Å²) in [6, 6.07) is 9.52. The molecule has 0 saturated heterocycles. The molecule has 0 aliphatic carbocycles. The second kappa shape index (κ2) is 8.53. The van der Waals surface area contributed by atoms with Gasteiger partial charge in [-0.25, -0.2) is 4.68 Å². The van der Waals surface area contributed by atoms with Gasteiger partial charge < -0.3 is 14.8 Å². The third kappa shape index (κ3) is 4.23. The third-order valence-corrected chi connectivity index (χ3v) is 4.74. The van der Waals surface area contributed by atoms with Crippen LogP contribution in [0.15, 0.2) is 47.3 Å². The molecule has 0 atom stereocenters. The standard InChI is InChI=1S/C19H21N3O3S/c1-24-16-5-3-4-15(19(16)25-2)12-22-17(8-10-20-22)21-18(23)7-6-14-9-11-26-13-14/h3-5,8-11,13H,6-7,12H2,1-2H3,(H,21,23). The topological polar surface area (TPSA) is 65.4 Å². The van der Waals surface area contributed by atoms with Gasteiger partial charge in [-0.2, -0.15) is 16.4 Å². The molecule has 1 aromatic carbocycles. The van der Waals surface area contributed by atoms with E-state index < -0.39 is 0 Å². The number of hydrogen-bond acceptors (Lipinski definition) is 5. The van der Waals surface area contributed by atoms with Crippen LogP contribution in [0.4, 0.5) is 5.82 Å². The van der Waals surface area contributed by atoms with Crippen molar-refractivity contribution in [3.05, 3.63) is 58.4 Å². The van der Waals surface area contributed by atoms with Crippen LogP contribution in [-0.4, -0.2) is 29.9 Å². The van der Waals surface area contributed by atoms with Gasteiger partial charge in [-0.3, -0.25) is 4.79 Å².